The number of rotatable bonds is 6. The zero-order valence-corrected chi connectivity index (χ0v) is 39.4. The second-order valence-corrected chi connectivity index (χ2v) is 19.1. The van der Waals surface area contributed by atoms with E-state index in [0.717, 1.165) is 33.4 Å². The molecule has 4 nitrogen and oxygen atoms in total. The van der Waals surface area contributed by atoms with E-state index >= 15 is 0 Å². The minimum absolute atomic E-state index is 0. The summed E-state index contributed by atoms with van der Waals surface area (Å²) < 4.78 is 98.2. The molecule has 0 aliphatic rings. The van der Waals surface area contributed by atoms with Gasteiger partial charge in [0.05, 0.1) is 33.3 Å². The molecule has 0 unspecified atom stereocenters. The molecular formula is C57H58N3OPt-. The van der Waals surface area contributed by atoms with Crippen LogP contribution in [0.4, 0.5) is 0 Å². The number of hydrogen-bond acceptors (Lipinski definition) is 3. The number of phenols is 1. The van der Waals surface area contributed by atoms with Crippen LogP contribution in [0.25, 0.3) is 72.7 Å². The van der Waals surface area contributed by atoms with Crippen molar-refractivity contribution in [2.24, 2.45) is 0 Å². The summed E-state index contributed by atoms with van der Waals surface area (Å²) in [6.45, 7) is 20.1. The summed E-state index contributed by atoms with van der Waals surface area (Å²) in [5.41, 5.74) is 7.48. The number of phenolic OH excluding ortho intramolecular Hbond substituents is 1. The topological polar surface area (TPSA) is 50.9 Å². The van der Waals surface area contributed by atoms with E-state index in [4.69, 9.17) is 18.7 Å². The van der Waals surface area contributed by atoms with Crippen molar-refractivity contribution >= 4 is 11.0 Å². The third-order valence-electron chi connectivity index (χ3n) is 11.2. The Balaban J connectivity index is 0.00000780. The maximum Gasteiger partial charge on any atom is 0.148 e. The molecule has 8 aromatic rings. The fourth-order valence-electron chi connectivity index (χ4n) is 7.66. The van der Waals surface area contributed by atoms with E-state index in [1.165, 1.54) is 0 Å². The van der Waals surface area contributed by atoms with Gasteiger partial charge in [-0.05, 0) is 117 Å². The van der Waals surface area contributed by atoms with E-state index in [9.17, 15) is 6.48 Å². The van der Waals surface area contributed by atoms with Gasteiger partial charge < -0.3 is 5.11 Å². The molecule has 6 aromatic carbocycles. The Kier molecular flexibility index (Phi) is 8.61. The van der Waals surface area contributed by atoms with Crippen molar-refractivity contribution in [1.82, 2.24) is 14.5 Å². The summed E-state index contributed by atoms with van der Waals surface area (Å²) in [6, 6.07) is 24.2. The zero-order chi connectivity index (χ0) is 53.1. The summed E-state index contributed by atoms with van der Waals surface area (Å²) in [5.74, 6) is 0.274. The van der Waals surface area contributed by atoms with Crippen LogP contribution in [0, 0.1) is 26.8 Å². The summed E-state index contributed by atoms with van der Waals surface area (Å²) >= 11 is 0. The van der Waals surface area contributed by atoms with Gasteiger partial charge in [0.25, 0.3) is 0 Å². The van der Waals surface area contributed by atoms with Crippen LogP contribution in [-0.2, 0) is 37.3 Å². The summed E-state index contributed by atoms with van der Waals surface area (Å²) in [6.07, 6.45) is -0.565. The molecule has 0 aliphatic carbocycles. The number of aryl methyl sites for hydroxylation is 3. The average molecular weight is 1010 g/mol. The molecule has 0 saturated carbocycles. The molecule has 0 bridgehead atoms. The predicted molar refractivity (Wildman–Crippen MR) is 257 cm³/mol. The van der Waals surface area contributed by atoms with Gasteiger partial charge in [0.1, 0.15) is 11.6 Å². The average Bonchev–Trinajstić information content (AvgIpc) is 3.69. The molecule has 0 amide bonds. The van der Waals surface area contributed by atoms with Crippen LogP contribution in [0.3, 0.4) is 0 Å². The predicted octanol–water partition coefficient (Wildman–Crippen LogP) is 15.1. The quantitative estimate of drug-likeness (QED) is 0.169. The standard InChI is InChI=1S/C57H58N3O.Pt/c1-35-25-37(3)53(61)48(26-35)54-59-52-47(42-28-43(32-44(31-42)55(4,5)6)49-33-40(23-24-58-49)38-17-14-13-15-18-38)19-16-20-51(52)60(54)50-22-21-39(27-36(50)2)41-29-45(56(7,8)9)34-46(30-41)57(10,11)12;/h13-27,29-34,61H,1-12H3;/q-1;/i2D3,13D,14D,15D,17D,18D,23D,24D,33D;. The van der Waals surface area contributed by atoms with Crippen LogP contribution >= 0.6 is 0 Å². The Hall–Kier alpha value is -5.57. The largest absolute Gasteiger partial charge is 0.507 e. The maximum atomic E-state index is 11.8. The van der Waals surface area contributed by atoms with Gasteiger partial charge in [-0.25, -0.2) is 4.98 Å². The molecule has 8 rings (SSSR count). The maximum absolute atomic E-state index is 11.8. The van der Waals surface area contributed by atoms with E-state index in [-0.39, 0.29) is 65.6 Å². The first-order valence-corrected chi connectivity index (χ1v) is 20.6. The summed E-state index contributed by atoms with van der Waals surface area (Å²) in [4.78, 5) is 9.69. The van der Waals surface area contributed by atoms with E-state index in [1.54, 1.807) is 23.6 Å². The molecule has 0 radical (unpaired) electrons. The zero-order valence-electron chi connectivity index (χ0n) is 48.1. The molecule has 62 heavy (non-hydrogen) atoms. The van der Waals surface area contributed by atoms with Crippen LogP contribution < -0.4 is 0 Å². The van der Waals surface area contributed by atoms with Gasteiger partial charge in [0.2, 0.25) is 0 Å². The number of aromatic hydroxyl groups is 1. The first-order chi connectivity index (χ1) is 33.3. The van der Waals surface area contributed by atoms with Gasteiger partial charge in [0, 0.05) is 37.0 Å². The first-order valence-electron chi connectivity index (χ1n) is 26.1. The van der Waals surface area contributed by atoms with Gasteiger partial charge in [0.15, 0.2) is 0 Å². The Morgan fingerprint density at radius 1 is 0.645 bits per heavy atom. The van der Waals surface area contributed by atoms with Crippen LogP contribution in [0.1, 0.15) is 111 Å². The summed E-state index contributed by atoms with van der Waals surface area (Å²) in [7, 11) is 0. The first kappa shape index (κ1) is 32.2. The number of benzene rings is 6. The number of fused-ring (bicyclic) bond motifs is 1. The van der Waals surface area contributed by atoms with Crippen molar-refractivity contribution in [2.75, 3.05) is 0 Å². The van der Waals surface area contributed by atoms with Crippen LogP contribution in [-0.4, -0.2) is 19.6 Å². The fourth-order valence-corrected chi connectivity index (χ4v) is 7.66. The number of nitrogens with zero attached hydrogens (tertiary/aromatic N) is 3. The molecule has 0 atom stereocenters. The molecule has 0 spiro atoms. The molecule has 5 heteroatoms. The SMILES string of the molecule is [2H]c1nc(-c2[c-]c(-c3cccc4c3nc(-c3cc(C)cc(C)c3O)n4-c3ccc(-c4cc(C(C)(C)C)cc(C(C)(C)C)c4)cc3C([2H])([2H])[2H])cc(C(C)(C)C)c2)c([2H])c(-c2c([2H])c([2H])c([2H])c([2H])c2[2H])c1[2H].[Pt]. The number of hydrogen-bond donors (Lipinski definition) is 1. The Morgan fingerprint density at radius 3 is 1.97 bits per heavy atom. The van der Waals surface area contributed by atoms with Gasteiger partial charge in [-0.15, -0.1) is 29.3 Å². The number of aromatic nitrogens is 3. The van der Waals surface area contributed by atoms with Crippen LogP contribution in [0.15, 0.2) is 127 Å². The fraction of sp³-hybridized carbons (Fsp3) is 0.263. The molecule has 0 saturated heterocycles. The smallest absolute Gasteiger partial charge is 0.148 e. The van der Waals surface area contributed by atoms with E-state index < -0.39 is 60.7 Å². The minimum Gasteiger partial charge on any atom is -0.507 e. The molecule has 2 heterocycles. The minimum atomic E-state index is -2.61. The van der Waals surface area contributed by atoms with Crippen molar-refractivity contribution in [3.05, 3.63) is 167 Å². The van der Waals surface area contributed by atoms with Crippen molar-refractivity contribution in [3.8, 4) is 67.5 Å². The molecule has 2 aromatic heterocycles. The second-order valence-electron chi connectivity index (χ2n) is 19.1. The van der Waals surface area contributed by atoms with E-state index in [2.05, 4.69) is 70.8 Å². The monoisotopic (exact) mass is 1010 g/mol. The van der Waals surface area contributed by atoms with E-state index in [0.29, 0.717) is 44.8 Å². The Bertz CT molecular complexity index is 3480. The van der Waals surface area contributed by atoms with Crippen LogP contribution in [0.5, 0.6) is 5.75 Å². The molecule has 1 N–H and O–H groups in total. The number of para-hydroxylation sites is 1. The van der Waals surface area contributed by atoms with Gasteiger partial charge >= 0.3 is 0 Å². The van der Waals surface area contributed by atoms with E-state index in [1.807, 2.05) is 76.2 Å². The van der Waals surface area contributed by atoms with Crippen molar-refractivity contribution in [2.45, 2.75) is 99.3 Å². The molecule has 0 aliphatic heterocycles. The van der Waals surface area contributed by atoms with Crippen molar-refractivity contribution in [3.63, 3.8) is 0 Å². The Labute approximate surface area is 398 Å². The number of pyridine rings is 1. The van der Waals surface area contributed by atoms with Gasteiger partial charge in [-0.1, -0.05) is 152 Å². The molecule has 0 fully saturated rings. The van der Waals surface area contributed by atoms with Crippen LogP contribution in [0.2, 0.25) is 0 Å². The summed E-state index contributed by atoms with van der Waals surface area (Å²) in [5, 5.41) is 11.8. The number of imidazole rings is 1. The second kappa shape index (κ2) is 16.6. The molecular weight excluding hydrogens is 938 g/mol. The Morgan fingerprint density at radius 2 is 1.31 bits per heavy atom. The van der Waals surface area contributed by atoms with Crippen molar-refractivity contribution in [1.29, 1.82) is 0 Å². The third kappa shape index (κ3) is 8.73. The normalized spacial score (nSPS) is 14.9. The van der Waals surface area contributed by atoms with Crippen molar-refractivity contribution < 1.29 is 41.3 Å². The van der Waals surface area contributed by atoms with Gasteiger partial charge in [-0.2, -0.15) is 0 Å². The third-order valence-corrected chi connectivity index (χ3v) is 11.2. The molecule has 318 valence electrons. The van der Waals surface area contributed by atoms with Gasteiger partial charge in [-0.3, -0.25) is 9.55 Å².